The molecule has 0 aliphatic rings. The number of hydrogen-bond acceptors (Lipinski definition) is 3. The normalized spacial score (nSPS) is 9.40. The molecule has 10 heavy (non-hydrogen) atoms. The van der Waals surface area contributed by atoms with Crippen LogP contribution < -0.4 is 4.74 Å². The number of nitrogens with one attached hydrogen (secondary N) is 1. The van der Waals surface area contributed by atoms with Gasteiger partial charge in [-0.15, -0.1) is 0 Å². The fourth-order valence-electron chi connectivity index (χ4n) is 0.674. The maximum Gasteiger partial charge on any atom is 0.197 e. The summed E-state index contributed by atoms with van der Waals surface area (Å²) in [4.78, 5) is 6.71. The second kappa shape index (κ2) is 2.79. The summed E-state index contributed by atoms with van der Waals surface area (Å²) in [6.45, 7) is 1.89. The number of aromatic nitrogens is 2. The maximum atomic E-state index is 4.96. The van der Waals surface area contributed by atoms with E-state index in [-0.39, 0.29) is 0 Å². The Hall–Kier alpha value is -0.900. The van der Waals surface area contributed by atoms with Crippen LogP contribution >= 0.6 is 12.2 Å². The molecule has 0 saturated carbocycles. The lowest BCUT2D eigenvalue weighted by Crippen LogP contribution is -1.91. The summed E-state index contributed by atoms with van der Waals surface area (Å²) < 4.78 is 5.44. The number of aryl methyl sites for hydroxylation is 1. The van der Waals surface area contributed by atoms with E-state index >= 15 is 0 Å². The van der Waals surface area contributed by atoms with Gasteiger partial charge < -0.3 is 9.72 Å². The maximum absolute atomic E-state index is 4.96. The molecule has 0 aromatic carbocycles. The van der Waals surface area contributed by atoms with E-state index in [1.807, 2.05) is 6.92 Å². The van der Waals surface area contributed by atoms with Gasteiger partial charge in [0.05, 0.1) is 19.0 Å². The zero-order valence-corrected chi connectivity index (χ0v) is 6.66. The summed E-state index contributed by atoms with van der Waals surface area (Å²) >= 11 is 4.78. The summed E-state index contributed by atoms with van der Waals surface area (Å²) in [5.74, 6) is 0.730. The zero-order chi connectivity index (χ0) is 7.56. The van der Waals surface area contributed by atoms with E-state index in [1.54, 1.807) is 13.3 Å². The third kappa shape index (κ3) is 1.33. The van der Waals surface area contributed by atoms with Crippen LogP contribution in [0.15, 0.2) is 6.20 Å². The smallest absolute Gasteiger partial charge is 0.197 e. The van der Waals surface area contributed by atoms with E-state index < -0.39 is 0 Å². The Morgan fingerprint density at radius 1 is 1.70 bits per heavy atom. The molecule has 4 heteroatoms. The number of aromatic amines is 1. The van der Waals surface area contributed by atoms with Crippen molar-refractivity contribution < 1.29 is 4.74 Å². The van der Waals surface area contributed by atoms with Crippen LogP contribution in [0.2, 0.25) is 0 Å². The van der Waals surface area contributed by atoms with Crippen LogP contribution in [0.4, 0.5) is 0 Å². The van der Waals surface area contributed by atoms with E-state index in [4.69, 9.17) is 17.0 Å². The number of nitrogens with zero attached hydrogens (tertiary/aromatic N) is 1. The Bertz CT molecular complexity index is 281. The van der Waals surface area contributed by atoms with Gasteiger partial charge in [0.15, 0.2) is 10.5 Å². The van der Waals surface area contributed by atoms with E-state index in [0.29, 0.717) is 4.77 Å². The highest BCUT2D eigenvalue weighted by Gasteiger charge is 1.94. The molecule has 0 aliphatic carbocycles. The Kier molecular flexibility index (Phi) is 2.01. The van der Waals surface area contributed by atoms with Crippen molar-refractivity contribution in [2.45, 2.75) is 6.92 Å². The van der Waals surface area contributed by atoms with E-state index in [1.165, 1.54) is 0 Å². The first-order valence-corrected chi connectivity index (χ1v) is 3.25. The van der Waals surface area contributed by atoms with Crippen molar-refractivity contribution in [2.75, 3.05) is 7.11 Å². The zero-order valence-electron chi connectivity index (χ0n) is 5.84. The molecule has 0 bridgehead atoms. The van der Waals surface area contributed by atoms with Crippen LogP contribution in [-0.4, -0.2) is 17.1 Å². The molecule has 0 spiro atoms. The average Bonchev–Trinajstić information content (AvgIpc) is 1.88. The van der Waals surface area contributed by atoms with Gasteiger partial charge >= 0.3 is 0 Å². The van der Waals surface area contributed by atoms with E-state index in [0.717, 1.165) is 11.4 Å². The van der Waals surface area contributed by atoms with Gasteiger partial charge in [-0.2, -0.15) is 0 Å². The molecule has 1 aromatic rings. The highest BCUT2D eigenvalue weighted by atomic mass is 32.1. The summed E-state index contributed by atoms with van der Waals surface area (Å²) in [5, 5.41) is 0. The molecule has 0 aliphatic heterocycles. The van der Waals surface area contributed by atoms with Crippen LogP contribution in [0.5, 0.6) is 5.75 Å². The summed E-state index contributed by atoms with van der Waals surface area (Å²) in [6, 6.07) is 0. The molecule has 1 N–H and O–H groups in total. The predicted octanol–water partition coefficient (Wildman–Crippen LogP) is 1.46. The van der Waals surface area contributed by atoms with Crippen molar-refractivity contribution in [1.29, 1.82) is 0 Å². The molecule has 0 amide bonds. The highest BCUT2D eigenvalue weighted by Crippen LogP contribution is 2.10. The lowest BCUT2D eigenvalue weighted by Gasteiger charge is -2.00. The molecule has 54 valence electrons. The minimum atomic E-state index is 0.485. The van der Waals surface area contributed by atoms with Crippen LogP contribution in [-0.2, 0) is 0 Å². The van der Waals surface area contributed by atoms with Gasteiger partial charge in [0.25, 0.3) is 0 Å². The number of H-pyrrole nitrogens is 1. The first-order valence-electron chi connectivity index (χ1n) is 2.84. The van der Waals surface area contributed by atoms with Crippen molar-refractivity contribution in [3.8, 4) is 5.75 Å². The first kappa shape index (κ1) is 7.21. The van der Waals surface area contributed by atoms with Gasteiger partial charge in [0, 0.05) is 0 Å². The molecule has 0 atom stereocenters. The van der Waals surface area contributed by atoms with Crippen molar-refractivity contribution in [1.82, 2.24) is 9.97 Å². The van der Waals surface area contributed by atoms with Gasteiger partial charge in [-0.05, 0) is 19.1 Å². The first-order chi connectivity index (χ1) is 4.74. The van der Waals surface area contributed by atoms with Crippen molar-refractivity contribution in [2.24, 2.45) is 0 Å². The number of rotatable bonds is 1. The SMILES string of the molecule is COc1cnc(=S)[nH]c1C. The molecule has 3 nitrogen and oxygen atoms in total. The Morgan fingerprint density at radius 2 is 2.40 bits per heavy atom. The molecule has 0 fully saturated rings. The molecular formula is C6H8N2OS. The molecule has 0 saturated heterocycles. The fraction of sp³-hybridized carbons (Fsp3) is 0.333. The number of hydrogen-bond donors (Lipinski definition) is 1. The van der Waals surface area contributed by atoms with Crippen LogP contribution in [0, 0.1) is 11.7 Å². The minimum Gasteiger partial charge on any atom is -0.493 e. The van der Waals surface area contributed by atoms with Crippen LogP contribution in [0.25, 0.3) is 0 Å². The quantitative estimate of drug-likeness (QED) is 0.625. The Morgan fingerprint density at radius 3 is 2.90 bits per heavy atom. The second-order valence-electron chi connectivity index (χ2n) is 1.88. The average molecular weight is 156 g/mol. The lowest BCUT2D eigenvalue weighted by molar-refractivity contribution is 0.406. The van der Waals surface area contributed by atoms with E-state index in [2.05, 4.69) is 9.97 Å². The standard InChI is InChI=1S/C6H8N2OS/c1-4-5(9-2)3-7-6(10)8-4/h3H,1-2H3,(H,7,8,10). The van der Waals surface area contributed by atoms with Gasteiger partial charge in [-0.3, -0.25) is 0 Å². The van der Waals surface area contributed by atoms with Crippen LogP contribution in [0.1, 0.15) is 5.69 Å². The summed E-state index contributed by atoms with van der Waals surface area (Å²) in [7, 11) is 1.60. The minimum absolute atomic E-state index is 0.485. The van der Waals surface area contributed by atoms with Gasteiger partial charge in [0.2, 0.25) is 0 Å². The van der Waals surface area contributed by atoms with Gasteiger partial charge in [-0.25, -0.2) is 4.98 Å². The third-order valence-corrected chi connectivity index (χ3v) is 1.39. The highest BCUT2D eigenvalue weighted by molar-refractivity contribution is 7.71. The largest absolute Gasteiger partial charge is 0.493 e. The predicted molar refractivity (Wildman–Crippen MR) is 40.7 cm³/mol. The monoisotopic (exact) mass is 156 g/mol. The van der Waals surface area contributed by atoms with E-state index in [9.17, 15) is 0 Å². The van der Waals surface area contributed by atoms with Crippen molar-refractivity contribution in [3.63, 3.8) is 0 Å². The van der Waals surface area contributed by atoms with Gasteiger partial charge in [0.1, 0.15) is 0 Å². The number of ether oxygens (including phenoxy) is 1. The van der Waals surface area contributed by atoms with Crippen molar-refractivity contribution >= 4 is 12.2 Å². The number of methoxy groups -OCH3 is 1. The lowest BCUT2D eigenvalue weighted by atomic mass is 10.4. The molecule has 0 unspecified atom stereocenters. The summed E-state index contributed by atoms with van der Waals surface area (Å²) in [6.07, 6.45) is 1.61. The molecule has 1 aromatic heterocycles. The van der Waals surface area contributed by atoms with Crippen LogP contribution in [0.3, 0.4) is 0 Å². The third-order valence-electron chi connectivity index (χ3n) is 1.18. The van der Waals surface area contributed by atoms with Gasteiger partial charge in [-0.1, -0.05) is 0 Å². The van der Waals surface area contributed by atoms with Crippen molar-refractivity contribution in [3.05, 3.63) is 16.7 Å². The molecule has 1 rings (SSSR count). The molecular weight excluding hydrogens is 148 g/mol. The fourth-order valence-corrected chi connectivity index (χ4v) is 0.880. The summed E-state index contributed by atoms with van der Waals surface area (Å²) in [5.41, 5.74) is 0.905. The molecule has 0 radical (unpaired) electrons. The Balaban J connectivity index is 3.19. The Labute approximate surface area is 64.1 Å². The second-order valence-corrected chi connectivity index (χ2v) is 2.27. The topological polar surface area (TPSA) is 37.9 Å². The molecule has 1 heterocycles.